The molecule has 28 heavy (non-hydrogen) atoms. The zero-order chi connectivity index (χ0) is 19.7. The minimum absolute atomic E-state index is 0.0801. The predicted octanol–water partition coefficient (Wildman–Crippen LogP) is 4.16. The molecule has 0 saturated carbocycles. The highest BCUT2D eigenvalue weighted by Gasteiger charge is 2.14. The summed E-state index contributed by atoms with van der Waals surface area (Å²) < 4.78 is 25.1. The van der Waals surface area contributed by atoms with Crippen molar-refractivity contribution < 1.29 is 8.42 Å². The Morgan fingerprint density at radius 2 is 1.46 bits per heavy atom. The number of primary sulfonamides is 1. The molecule has 5 nitrogen and oxygen atoms in total. The van der Waals surface area contributed by atoms with Crippen LogP contribution in [0, 0.1) is 6.92 Å². The van der Waals surface area contributed by atoms with E-state index in [0.29, 0.717) is 0 Å². The van der Waals surface area contributed by atoms with E-state index < -0.39 is 10.0 Å². The first-order chi connectivity index (χ1) is 13.4. The van der Waals surface area contributed by atoms with Gasteiger partial charge in [0.2, 0.25) is 10.0 Å². The molecular weight excluding hydrogens is 370 g/mol. The average molecular weight is 389 g/mol. The summed E-state index contributed by atoms with van der Waals surface area (Å²) in [7, 11) is -3.73. The zero-order valence-corrected chi connectivity index (χ0v) is 16.1. The fraction of sp³-hybridized carbons (Fsp3) is 0.0455. The largest absolute Gasteiger partial charge is 0.299 e. The van der Waals surface area contributed by atoms with Gasteiger partial charge in [0.05, 0.1) is 10.6 Å². The molecule has 2 N–H and O–H groups in total. The average Bonchev–Trinajstić information content (AvgIpc) is 3.14. The zero-order valence-electron chi connectivity index (χ0n) is 15.3. The monoisotopic (exact) mass is 389 g/mol. The maximum atomic E-state index is 11.5. The second-order valence-electron chi connectivity index (χ2n) is 6.59. The first-order valence-corrected chi connectivity index (χ1v) is 10.3. The van der Waals surface area contributed by atoms with Crippen LogP contribution in [0.4, 0.5) is 0 Å². The lowest BCUT2D eigenvalue weighted by molar-refractivity contribution is 0.598. The van der Waals surface area contributed by atoms with E-state index in [1.54, 1.807) is 12.1 Å². The van der Waals surface area contributed by atoms with Gasteiger partial charge in [-0.25, -0.2) is 18.5 Å². The number of nitrogens with zero attached hydrogens (tertiary/aromatic N) is 2. The van der Waals surface area contributed by atoms with Crippen LogP contribution in [0.2, 0.25) is 0 Å². The number of hydrogen-bond acceptors (Lipinski definition) is 3. The second-order valence-corrected chi connectivity index (χ2v) is 8.15. The molecule has 0 aliphatic heterocycles. The molecule has 4 rings (SSSR count). The third-order valence-corrected chi connectivity index (χ3v) is 5.46. The summed E-state index contributed by atoms with van der Waals surface area (Å²) in [5.41, 5.74) is 4.80. The number of rotatable bonds is 4. The van der Waals surface area contributed by atoms with Gasteiger partial charge in [-0.2, -0.15) is 0 Å². The van der Waals surface area contributed by atoms with E-state index in [4.69, 9.17) is 10.1 Å². The Hall–Kier alpha value is -3.22. The minimum atomic E-state index is -3.73. The van der Waals surface area contributed by atoms with E-state index in [9.17, 15) is 8.42 Å². The van der Waals surface area contributed by atoms with Gasteiger partial charge in [0.1, 0.15) is 5.82 Å². The summed E-state index contributed by atoms with van der Waals surface area (Å²) in [6.45, 7) is 2.04. The topological polar surface area (TPSA) is 78.0 Å². The molecule has 0 aliphatic rings. The third-order valence-electron chi connectivity index (χ3n) is 4.53. The van der Waals surface area contributed by atoms with E-state index in [2.05, 4.69) is 0 Å². The maximum absolute atomic E-state index is 11.5. The molecule has 0 amide bonds. The molecule has 0 atom stereocenters. The number of aryl methyl sites for hydroxylation is 1. The molecule has 140 valence electrons. The van der Waals surface area contributed by atoms with Gasteiger partial charge < -0.3 is 0 Å². The van der Waals surface area contributed by atoms with E-state index in [0.717, 1.165) is 28.3 Å². The predicted molar refractivity (Wildman–Crippen MR) is 111 cm³/mol. The van der Waals surface area contributed by atoms with Crippen LogP contribution in [0.1, 0.15) is 5.56 Å². The smallest absolute Gasteiger partial charge is 0.238 e. The Morgan fingerprint density at radius 3 is 2.07 bits per heavy atom. The summed E-state index contributed by atoms with van der Waals surface area (Å²) in [4.78, 5) is 4.93. The van der Waals surface area contributed by atoms with Crippen LogP contribution in [-0.4, -0.2) is 18.0 Å². The Bertz CT molecular complexity index is 1210. The van der Waals surface area contributed by atoms with E-state index in [1.165, 1.54) is 17.7 Å². The van der Waals surface area contributed by atoms with Crippen LogP contribution in [0.5, 0.6) is 0 Å². The van der Waals surface area contributed by atoms with Gasteiger partial charge in [0.25, 0.3) is 0 Å². The normalized spacial score (nSPS) is 11.5. The number of nitrogens with two attached hydrogens (primary N) is 1. The Balaban J connectivity index is 1.87. The summed E-state index contributed by atoms with van der Waals surface area (Å²) >= 11 is 0. The highest BCUT2D eigenvalue weighted by molar-refractivity contribution is 7.89. The van der Waals surface area contributed by atoms with Crippen molar-refractivity contribution in [1.29, 1.82) is 0 Å². The number of imidazole rings is 1. The molecule has 6 heteroatoms. The quantitative estimate of drug-likeness (QED) is 0.569. The lowest BCUT2D eigenvalue weighted by atomic mass is 10.1. The second kappa shape index (κ2) is 7.07. The van der Waals surface area contributed by atoms with Crippen molar-refractivity contribution in [2.24, 2.45) is 5.14 Å². The van der Waals surface area contributed by atoms with Gasteiger partial charge in [0, 0.05) is 23.0 Å². The molecule has 0 unspecified atom stereocenters. The third kappa shape index (κ3) is 3.60. The molecule has 0 saturated heterocycles. The van der Waals surface area contributed by atoms with Crippen molar-refractivity contribution >= 4 is 10.0 Å². The molecule has 0 spiro atoms. The van der Waals surface area contributed by atoms with Crippen LogP contribution in [0.3, 0.4) is 0 Å². The molecule has 0 fully saturated rings. The van der Waals surface area contributed by atoms with Crippen LogP contribution in [-0.2, 0) is 10.0 Å². The number of hydrogen-bond donors (Lipinski definition) is 1. The summed E-state index contributed by atoms with van der Waals surface area (Å²) in [5.74, 6) is 0.780. The van der Waals surface area contributed by atoms with Crippen LogP contribution in [0.25, 0.3) is 28.3 Å². The van der Waals surface area contributed by atoms with Gasteiger partial charge in [0.15, 0.2) is 0 Å². The standard InChI is InChI=1S/C22H19N3O2S/c1-16-7-9-18(10-8-16)22-24-21(17-5-3-2-4-6-17)15-25(22)19-11-13-20(14-12-19)28(23,26)27/h2-15H,1H3,(H2,23,26,27). The molecular formula is C22H19N3O2S. The van der Waals surface area contributed by atoms with Crippen molar-refractivity contribution in [3.8, 4) is 28.3 Å². The Kier molecular flexibility index (Phi) is 4.58. The fourth-order valence-corrected chi connectivity index (χ4v) is 3.54. The van der Waals surface area contributed by atoms with E-state index in [1.807, 2.05) is 72.3 Å². The summed E-state index contributed by atoms with van der Waals surface area (Å²) in [6.07, 6.45) is 1.95. The minimum Gasteiger partial charge on any atom is -0.299 e. The van der Waals surface area contributed by atoms with Crippen molar-refractivity contribution in [2.75, 3.05) is 0 Å². The molecule has 1 aromatic heterocycles. The van der Waals surface area contributed by atoms with Crippen LogP contribution in [0.15, 0.2) is 90.0 Å². The van der Waals surface area contributed by atoms with Crippen LogP contribution >= 0.6 is 0 Å². The van der Waals surface area contributed by atoms with Crippen molar-refractivity contribution in [3.05, 3.63) is 90.6 Å². The number of benzene rings is 3. The first-order valence-electron chi connectivity index (χ1n) is 8.77. The molecule has 1 heterocycles. The molecule has 0 radical (unpaired) electrons. The van der Waals surface area contributed by atoms with Gasteiger partial charge in [-0.05, 0) is 31.2 Å². The van der Waals surface area contributed by atoms with Crippen molar-refractivity contribution in [2.45, 2.75) is 11.8 Å². The number of aromatic nitrogens is 2. The Labute approximate surface area is 164 Å². The van der Waals surface area contributed by atoms with E-state index in [-0.39, 0.29) is 4.90 Å². The van der Waals surface area contributed by atoms with Crippen molar-refractivity contribution in [3.63, 3.8) is 0 Å². The highest BCUT2D eigenvalue weighted by Crippen LogP contribution is 2.28. The van der Waals surface area contributed by atoms with Gasteiger partial charge in [-0.1, -0.05) is 60.2 Å². The fourth-order valence-electron chi connectivity index (χ4n) is 3.03. The summed E-state index contributed by atoms with van der Waals surface area (Å²) in [5, 5.41) is 5.21. The molecule has 4 aromatic rings. The van der Waals surface area contributed by atoms with Gasteiger partial charge in [-0.15, -0.1) is 0 Å². The van der Waals surface area contributed by atoms with E-state index >= 15 is 0 Å². The molecule has 0 aliphatic carbocycles. The van der Waals surface area contributed by atoms with Gasteiger partial charge >= 0.3 is 0 Å². The number of sulfonamides is 1. The lowest BCUT2D eigenvalue weighted by Crippen LogP contribution is -2.12. The molecule has 0 bridgehead atoms. The first kappa shape index (κ1) is 18.2. The SMILES string of the molecule is Cc1ccc(-c2nc(-c3ccccc3)cn2-c2ccc(S(N)(=O)=O)cc2)cc1. The van der Waals surface area contributed by atoms with Crippen molar-refractivity contribution in [1.82, 2.24) is 9.55 Å². The van der Waals surface area contributed by atoms with Gasteiger partial charge in [-0.3, -0.25) is 4.57 Å². The highest BCUT2D eigenvalue weighted by atomic mass is 32.2. The lowest BCUT2D eigenvalue weighted by Gasteiger charge is -2.09. The molecule has 3 aromatic carbocycles. The maximum Gasteiger partial charge on any atom is 0.238 e. The van der Waals surface area contributed by atoms with Crippen LogP contribution < -0.4 is 5.14 Å². The Morgan fingerprint density at radius 1 is 0.821 bits per heavy atom. The summed E-state index contributed by atoms with van der Waals surface area (Å²) in [6, 6.07) is 24.5.